The van der Waals surface area contributed by atoms with E-state index in [1.54, 1.807) is 6.92 Å². The zero-order valence-corrected chi connectivity index (χ0v) is 6.37. The number of cyclic esters (lactones) is 2. The predicted molar refractivity (Wildman–Crippen MR) is 40.2 cm³/mol. The monoisotopic (exact) mass is 154 g/mol. The van der Waals surface area contributed by atoms with Crippen molar-refractivity contribution in [1.29, 1.82) is 0 Å². The van der Waals surface area contributed by atoms with Gasteiger partial charge in [0.05, 0.1) is 0 Å². The molecule has 0 aliphatic carbocycles. The number of hydrogen-bond acceptors (Lipinski definition) is 3. The Morgan fingerprint density at radius 1 is 1.64 bits per heavy atom. The summed E-state index contributed by atoms with van der Waals surface area (Å²) in [5.74, 6) is 0. The molecule has 3 heteroatoms. The molecule has 60 valence electrons. The van der Waals surface area contributed by atoms with Crippen LogP contribution in [0.25, 0.3) is 0 Å². The molecule has 0 amide bonds. The van der Waals surface area contributed by atoms with E-state index in [0.29, 0.717) is 0 Å². The first kappa shape index (κ1) is 7.85. The molecule has 1 fully saturated rings. The van der Waals surface area contributed by atoms with Crippen molar-refractivity contribution in [3.63, 3.8) is 0 Å². The highest BCUT2D eigenvalue weighted by Gasteiger charge is 2.43. The highest BCUT2D eigenvalue weighted by atomic mass is 16.8. The standard InChI is InChI=1S/C8H10O3/c1-4-6-8(3,5-2)11-7(9)10-6/h4-6H,1-2H2,3H3. The second-order valence-corrected chi connectivity index (χ2v) is 2.51. The molecule has 0 radical (unpaired) electrons. The van der Waals surface area contributed by atoms with Crippen molar-refractivity contribution in [2.45, 2.75) is 18.6 Å². The van der Waals surface area contributed by atoms with Crippen molar-refractivity contribution in [3.05, 3.63) is 25.3 Å². The molecular weight excluding hydrogens is 144 g/mol. The molecule has 1 rings (SSSR count). The third-order valence-corrected chi connectivity index (χ3v) is 1.71. The molecule has 0 aromatic carbocycles. The van der Waals surface area contributed by atoms with Crippen LogP contribution in [-0.2, 0) is 9.47 Å². The second kappa shape index (κ2) is 2.42. The van der Waals surface area contributed by atoms with Gasteiger partial charge in [0.2, 0.25) is 0 Å². The maximum Gasteiger partial charge on any atom is 0.510 e. The maximum absolute atomic E-state index is 10.6. The van der Waals surface area contributed by atoms with Crippen molar-refractivity contribution in [1.82, 2.24) is 0 Å². The van der Waals surface area contributed by atoms with E-state index in [0.717, 1.165) is 0 Å². The smallest absolute Gasteiger partial charge is 0.422 e. The van der Waals surface area contributed by atoms with Crippen molar-refractivity contribution in [2.75, 3.05) is 0 Å². The number of hydrogen-bond donors (Lipinski definition) is 0. The summed E-state index contributed by atoms with van der Waals surface area (Å²) in [6.07, 6.45) is 1.96. The number of rotatable bonds is 2. The quantitative estimate of drug-likeness (QED) is 0.448. The van der Waals surface area contributed by atoms with Crippen LogP contribution in [0.3, 0.4) is 0 Å². The van der Waals surface area contributed by atoms with Crippen molar-refractivity contribution in [3.8, 4) is 0 Å². The van der Waals surface area contributed by atoms with E-state index in [1.807, 2.05) is 0 Å². The van der Waals surface area contributed by atoms with Gasteiger partial charge >= 0.3 is 6.16 Å². The van der Waals surface area contributed by atoms with Gasteiger partial charge < -0.3 is 9.47 Å². The molecule has 0 bridgehead atoms. The molecule has 11 heavy (non-hydrogen) atoms. The van der Waals surface area contributed by atoms with Crippen LogP contribution in [0.2, 0.25) is 0 Å². The zero-order valence-electron chi connectivity index (χ0n) is 6.37. The van der Waals surface area contributed by atoms with Crippen molar-refractivity contribution >= 4 is 6.16 Å². The van der Waals surface area contributed by atoms with Crippen LogP contribution >= 0.6 is 0 Å². The summed E-state index contributed by atoms with van der Waals surface area (Å²) < 4.78 is 9.62. The fourth-order valence-electron chi connectivity index (χ4n) is 0.922. The Labute approximate surface area is 65.3 Å². The minimum atomic E-state index is -0.751. The third kappa shape index (κ3) is 1.13. The van der Waals surface area contributed by atoms with Crippen LogP contribution in [0.4, 0.5) is 4.79 Å². The lowest BCUT2D eigenvalue weighted by Gasteiger charge is -2.19. The van der Waals surface area contributed by atoms with Crippen LogP contribution < -0.4 is 0 Å². The maximum atomic E-state index is 10.6. The lowest BCUT2D eigenvalue weighted by Crippen LogP contribution is -2.32. The van der Waals surface area contributed by atoms with E-state index in [9.17, 15) is 4.79 Å². The minimum Gasteiger partial charge on any atom is -0.422 e. The summed E-state index contributed by atoms with van der Waals surface area (Å²) in [5, 5.41) is 0. The highest BCUT2D eigenvalue weighted by molar-refractivity contribution is 5.64. The van der Waals surface area contributed by atoms with E-state index in [2.05, 4.69) is 13.2 Å². The summed E-state index contributed by atoms with van der Waals surface area (Å²) in [5.41, 5.74) is -0.751. The first-order chi connectivity index (χ1) is 5.12. The molecule has 0 aromatic rings. The third-order valence-electron chi connectivity index (χ3n) is 1.71. The number of ether oxygens (including phenoxy) is 2. The van der Waals surface area contributed by atoms with E-state index >= 15 is 0 Å². The van der Waals surface area contributed by atoms with E-state index in [4.69, 9.17) is 9.47 Å². The van der Waals surface area contributed by atoms with Gasteiger partial charge in [0, 0.05) is 0 Å². The Morgan fingerprint density at radius 3 is 2.64 bits per heavy atom. The Hall–Kier alpha value is -1.25. The fourth-order valence-corrected chi connectivity index (χ4v) is 0.922. The van der Waals surface area contributed by atoms with Gasteiger partial charge in [-0.1, -0.05) is 13.2 Å². The van der Waals surface area contributed by atoms with Crippen LogP contribution in [0.1, 0.15) is 6.92 Å². The van der Waals surface area contributed by atoms with Gasteiger partial charge in [0.15, 0.2) is 11.7 Å². The summed E-state index contributed by atoms with van der Waals surface area (Å²) >= 11 is 0. The molecule has 2 atom stereocenters. The molecule has 0 spiro atoms. The van der Waals surface area contributed by atoms with Gasteiger partial charge in [0.1, 0.15) is 0 Å². The van der Waals surface area contributed by atoms with Gasteiger partial charge in [-0.3, -0.25) is 0 Å². The Bertz CT molecular complexity index is 209. The largest absolute Gasteiger partial charge is 0.510 e. The second-order valence-electron chi connectivity index (χ2n) is 2.51. The SMILES string of the molecule is C=CC1OC(=O)OC1(C)C=C. The molecule has 0 N–H and O–H groups in total. The van der Waals surface area contributed by atoms with Crippen molar-refractivity contribution < 1.29 is 14.3 Å². The van der Waals surface area contributed by atoms with E-state index in [-0.39, 0.29) is 0 Å². The normalized spacial score (nSPS) is 35.7. The highest BCUT2D eigenvalue weighted by Crippen LogP contribution is 2.28. The first-order valence-corrected chi connectivity index (χ1v) is 3.28. The molecular formula is C8H10O3. The Balaban J connectivity index is 2.87. The molecule has 0 saturated carbocycles. The van der Waals surface area contributed by atoms with Crippen molar-refractivity contribution in [2.24, 2.45) is 0 Å². The van der Waals surface area contributed by atoms with Gasteiger partial charge in [0.25, 0.3) is 0 Å². The Kier molecular flexibility index (Phi) is 1.72. The molecule has 3 nitrogen and oxygen atoms in total. The molecule has 0 aromatic heterocycles. The molecule has 2 unspecified atom stereocenters. The average Bonchev–Trinajstić information content (AvgIpc) is 2.27. The fraction of sp³-hybridized carbons (Fsp3) is 0.375. The molecule has 1 heterocycles. The molecule has 1 saturated heterocycles. The van der Waals surface area contributed by atoms with Gasteiger partial charge in [-0.05, 0) is 19.1 Å². The van der Waals surface area contributed by atoms with Gasteiger partial charge in [-0.25, -0.2) is 4.79 Å². The number of carbonyl (C=O) groups is 1. The molecule has 1 aliphatic rings. The van der Waals surface area contributed by atoms with Crippen LogP contribution in [0, 0.1) is 0 Å². The summed E-state index contributed by atoms with van der Waals surface area (Å²) in [6, 6.07) is 0. The summed E-state index contributed by atoms with van der Waals surface area (Å²) in [6.45, 7) is 8.78. The van der Waals surface area contributed by atoms with Crippen LogP contribution in [0.5, 0.6) is 0 Å². The lowest BCUT2D eigenvalue weighted by molar-refractivity contribution is 0.0971. The summed E-state index contributed by atoms with van der Waals surface area (Å²) in [7, 11) is 0. The summed E-state index contributed by atoms with van der Waals surface area (Å²) in [4.78, 5) is 10.6. The molecule has 1 aliphatic heterocycles. The predicted octanol–water partition coefficient (Wildman–Crippen LogP) is 1.65. The Morgan fingerprint density at radius 2 is 2.27 bits per heavy atom. The van der Waals surface area contributed by atoms with Gasteiger partial charge in [-0.2, -0.15) is 0 Å². The average molecular weight is 154 g/mol. The van der Waals surface area contributed by atoms with E-state index in [1.165, 1.54) is 12.2 Å². The minimum absolute atomic E-state index is 0.424. The van der Waals surface area contributed by atoms with E-state index < -0.39 is 17.9 Å². The number of carbonyl (C=O) groups excluding carboxylic acids is 1. The topological polar surface area (TPSA) is 35.5 Å². The first-order valence-electron chi connectivity index (χ1n) is 3.28. The lowest BCUT2D eigenvalue weighted by atomic mass is 10.00. The van der Waals surface area contributed by atoms with Crippen LogP contribution in [-0.4, -0.2) is 17.9 Å². The van der Waals surface area contributed by atoms with Gasteiger partial charge in [-0.15, -0.1) is 0 Å². The van der Waals surface area contributed by atoms with Crippen LogP contribution in [0.15, 0.2) is 25.3 Å². The zero-order chi connectivity index (χ0) is 8.48.